The van der Waals surface area contributed by atoms with Crippen LogP contribution in [-0.2, 0) is 6.42 Å². The Hall–Kier alpha value is -0.890. The van der Waals surface area contributed by atoms with Crippen LogP contribution in [0.4, 0.5) is 4.39 Å². The highest BCUT2D eigenvalue weighted by Gasteiger charge is 2.12. The molecule has 96 valence electrons. The summed E-state index contributed by atoms with van der Waals surface area (Å²) in [6, 6.07) is 6.96. The van der Waals surface area contributed by atoms with E-state index >= 15 is 0 Å². The third kappa shape index (κ3) is 5.31. The van der Waals surface area contributed by atoms with Crippen LogP contribution in [0, 0.1) is 17.7 Å². The summed E-state index contributed by atoms with van der Waals surface area (Å²) >= 11 is 0. The van der Waals surface area contributed by atoms with Gasteiger partial charge in [-0.25, -0.2) is 4.39 Å². The zero-order valence-electron chi connectivity index (χ0n) is 11.1. The van der Waals surface area contributed by atoms with Gasteiger partial charge in [0.2, 0.25) is 0 Å². The summed E-state index contributed by atoms with van der Waals surface area (Å²) in [4.78, 5) is 0. The van der Waals surface area contributed by atoms with E-state index in [0.717, 1.165) is 12.0 Å². The second-order valence-electron chi connectivity index (χ2n) is 5.53. The lowest BCUT2D eigenvalue weighted by Gasteiger charge is -2.19. The first-order valence-corrected chi connectivity index (χ1v) is 6.48. The molecule has 2 heteroatoms. The van der Waals surface area contributed by atoms with E-state index in [2.05, 4.69) is 20.8 Å². The number of nitrogens with two attached hydrogens (primary N) is 1. The van der Waals surface area contributed by atoms with E-state index in [0.29, 0.717) is 18.3 Å². The van der Waals surface area contributed by atoms with Crippen molar-refractivity contribution in [3.05, 3.63) is 35.6 Å². The Labute approximate surface area is 104 Å². The van der Waals surface area contributed by atoms with Crippen molar-refractivity contribution in [1.29, 1.82) is 0 Å². The van der Waals surface area contributed by atoms with Crippen LogP contribution in [0.25, 0.3) is 0 Å². The molecule has 1 aromatic carbocycles. The second kappa shape index (κ2) is 6.75. The van der Waals surface area contributed by atoms with Crippen molar-refractivity contribution in [2.45, 2.75) is 46.1 Å². The van der Waals surface area contributed by atoms with Gasteiger partial charge in [-0.3, -0.25) is 0 Å². The van der Waals surface area contributed by atoms with Crippen LogP contribution >= 0.6 is 0 Å². The molecule has 0 heterocycles. The van der Waals surface area contributed by atoms with Gasteiger partial charge in [0.1, 0.15) is 5.82 Å². The van der Waals surface area contributed by atoms with Crippen molar-refractivity contribution in [1.82, 2.24) is 0 Å². The summed E-state index contributed by atoms with van der Waals surface area (Å²) < 4.78 is 13.4. The first-order valence-electron chi connectivity index (χ1n) is 6.48. The first kappa shape index (κ1) is 14.2. The zero-order chi connectivity index (χ0) is 12.8. The molecule has 1 rings (SSSR count). The average molecular weight is 237 g/mol. The zero-order valence-corrected chi connectivity index (χ0v) is 11.1. The molecule has 0 aromatic heterocycles. The Balaban J connectivity index is 2.44. The van der Waals surface area contributed by atoms with E-state index < -0.39 is 0 Å². The summed E-state index contributed by atoms with van der Waals surface area (Å²) in [5, 5.41) is 0. The smallest absolute Gasteiger partial charge is 0.126 e. The molecule has 2 N–H and O–H groups in total. The quantitative estimate of drug-likeness (QED) is 0.801. The van der Waals surface area contributed by atoms with Crippen LogP contribution in [0.15, 0.2) is 24.3 Å². The van der Waals surface area contributed by atoms with Crippen LogP contribution < -0.4 is 5.73 Å². The van der Waals surface area contributed by atoms with Crippen molar-refractivity contribution in [2.24, 2.45) is 17.6 Å². The lowest BCUT2D eigenvalue weighted by atomic mass is 9.90. The summed E-state index contributed by atoms with van der Waals surface area (Å²) in [6.45, 7) is 6.67. The van der Waals surface area contributed by atoms with E-state index in [1.807, 2.05) is 12.1 Å². The predicted octanol–water partition coefficient (Wildman–Crippen LogP) is 3.77. The van der Waals surface area contributed by atoms with Crippen molar-refractivity contribution in [3.63, 3.8) is 0 Å². The van der Waals surface area contributed by atoms with Gasteiger partial charge in [-0.15, -0.1) is 0 Å². The molecule has 0 aliphatic rings. The molecular weight excluding hydrogens is 213 g/mol. The molecule has 0 fully saturated rings. The van der Waals surface area contributed by atoms with Gasteiger partial charge in [0.15, 0.2) is 0 Å². The van der Waals surface area contributed by atoms with Gasteiger partial charge >= 0.3 is 0 Å². The minimum absolute atomic E-state index is 0.0562. The predicted molar refractivity (Wildman–Crippen MR) is 71.3 cm³/mol. The Kier molecular flexibility index (Phi) is 5.63. The highest BCUT2D eigenvalue weighted by Crippen LogP contribution is 2.18. The third-order valence-corrected chi connectivity index (χ3v) is 3.02. The molecule has 2 atom stereocenters. The van der Waals surface area contributed by atoms with Crippen LogP contribution in [0.2, 0.25) is 0 Å². The van der Waals surface area contributed by atoms with Crippen molar-refractivity contribution in [3.8, 4) is 0 Å². The molecule has 1 nitrogen and oxygen atoms in total. The summed E-state index contributed by atoms with van der Waals surface area (Å²) in [5.41, 5.74) is 6.82. The van der Waals surface area contributed by atoms with Gasteiger partial charge in [-0.2, -0.15) is 0 Å². The van der Waals surface area contributed by atoms with E-state index in [1.165, 1.54) is 12.5 Å². The Morgan fingerprint density at radius 3 is 2.35 bits per heavy atom. The number of halogens is 1. The highest BCUT2D eigenvalue weighted by molar-refractivity contribution is 5.18. The fraction of sp³-hybridized carbons (Fsp3) is 0.600. The monoisotopic (exact) mass is 237 g/mol. The topological polar surface area (TPSA) is 26.0 Å². The molecule has 17 heavy (non-hydrogen) atoms. The number of rotatable bonds is 6. The molecule has 0 saturated carbocycles. The van der Waals surface area contributed by atoms with Crippen molar-refractivity contribution < 1.29 is 4.39 Å². The molecule has 0 saturated heterocycles. The third-order valence-electron chi connectivity index (χ3n) is 3.02. The van der Waals surface area contributed by atoms with Gasteiger partial charge in [0, 0.05) is 6.04 Å². The first-order chi connectivity index (χ1) is 7.99. The normalized spacial score (nSPS) is 14.9. The lowest BCUT2D eigenvalue weighted by Crippen LogP contribution is -2.26. The minimum atomic E-state index is -0.139. The van der Waals surface area contributed by atoms with E-state index in [1.54, 1.807) is 6.07 Å². The molecule has 0 aliphatic carbocycles. The van der Waals surface area contributed by atoms with Gasteiger partial charge < -0.3 is 5.73 Å². The maximum atomic E-state index is 13.4. The average Bonchev–Trinajstić information content (AvgIpc) is 2.19. The Bertz CT molecular complexity index is 335. The van der Waals surface area contributed by atoms with Crippen LogP contribution in [-0.4, -0.2) is 6.04 Å². The van der Waals surface area contributed by atoms with Gasteiger partial charge in [0.05, 0.1) is 0 Å². The number of hydrogen-bond acceptors (Lipinski definition) is 1. The van der Waals surface area contributed by atoms with Gasteiger partial charge in [-0.1, -0.05) is 39.0 Å². The van der Waals surface area contributed by atoms with Crippen molar-refractivity contribution >= 4 is 0 Å². The highest BCUT2D eigenvalue weighted by atomic mass is 19.1. The summed E-state index contributed by atoms with van der Waals surface area (Å²) in [6.07, 6.45) is 2.78. The number of hydrogen-bond donors (Lipinski definition) is 1. The maximum Gasteiger partial charge on any atom is 0.126 e. The molecule has 0 amide bonds. The van der Waals surface area contributed by atoms with Gasteiger partial charge in [0.25, 0.3) is 0 Å². The molecule has 0 bridgehead atoms. The molecule has 1 aromatic rings. The second-order valence-corrected chi connectivity index (χ2v) is 5.53. The fourth-order valence-corrected chi connectivity index (χ4v) is 2.45. The number of benzene rings is 1. The van der Waals surface area contributed by atoms with E-state index in [9.17, 15) is 4.39 Å². The van der Waals surface area contributed by atoms with Crippen LogP contribution in [0.1, 0.15) is 39.2 Å². The maximum absolute atomic E-state index is 13.4. The minimum Gasteiger partial charge on any atom is -0.327 e. The standard InChI is InChI=1S/C15H24FN/c1-11(2)8-12(3)9-14(17)10-13-6-4-5-7-15(13)16/h4-7,11-12,14H,8-10,17H2,1-3H3. The summed E-state index contributed by atoms with van der Waals surface area (Å²) in [5.74, 6) is 1.17. The molecule has 0 radical (unpaired) electrons. The fourth-order valence-electron chi connectivity index (χ4n) is 2.45. The molecule has 0 spiro atoms. The van der Waals surface area contributed by atoms with Gasteiger partial charge in [-0.05, 0) is 42.7 Å². The SMILES string of the molecule is CC(C)CC(C)CC(N)Cc1ccccc1F. The largest absolute Gasteiger partial charge is 0.327 e. The van der Waals surface area contributed by atoms with E-state index in [4.69, 9.17) is 5.73 Å². The van der Waals surface area contributed by atoms with Crippen LogP contribution in [0.5, 0.6) is 0 Å². The van der Waals surface area contributed by atoms with Crippen molar-refractivity contribution in [2.75, 3.05) is 0 Å². The van der Waals surface area contributed by atoms with E-state index in [-0.39, 0.29) is 11.9 Å². The molecular formula is C15H24FN. The molecule has 2 unspecified atom stereocenters. The lowest BCUT2D eigenvalue weighted by molar-refractivity contribution is 0.381. The summed E-state index contributed by atoms with van der Waals surface area (Å²) in [7, 11) is 0. The molecule has 0 aliphatic heterocycles. The van der Waals surface area contributed by atoms with Crippen LogP contribution in [0.3, 0.4) is 0 Å². The Morgan fingerprint density at radius 1 is 1.12 bits per heavy atom. The Morgan fingerprint density at radius 2 is 1.76 bits per heavy atom.